The van der Waals surface area contributed by atoms with E-state index in [0.29, 0.717) is 0 Å². The van der Waals surface area contributed by atoms with E-state index in [9.17, 15) is 22.0 Å². The zero-order valence-corrected chi connectivity index (χ0v) is 10.4. The summed E-state index contributed by atoms with van der Waals surface area (Å²) in [6.45, 7) is -0.196. The predicted octanol–water partition coefficient (Wildman–Crippen LogP) is 0.244. The first-order valence-corrected chi connectivity index (χ1v) is 6.66. The molecule has 0 heterocycles. The Morgan fingerprint density at radius 2 is 2.00 bits per heavy atom. The van der Waals surface area contributed by atoms with Gasteiger partial charge in [-0.05, 0) is 19.2 Å². The average Bonchev–Trinajstić information content (AvgIpc) is 2.32. The number of hydrogen-bond donors (Lipinski definition) is 2. The molecule has 0 saturated carbocycles. The van der Waals surface area contributed by atoms with Gasteiger partial charge in [-0.15, -0.1) is 0 Å². The maximum atomic E-state index is 13.2. The molecule has 0 radical (unpaired) electrons. The molecule has 0 aliphatic carbocycles. The Hall–Kier alpha value is -1.54. The molecule has 18 heavy (non-hydrogen) atoms. The summed E-state index contributed by atoms with van der Waals surface area (Å²) in [5.41, 5.74) is -0.461. The van der Waals surface area contributed by atoms with Crippen LogP contribution in [0.15, 0.2) is 18.2 Å². The molecule has 8 heteroatoms. The molecule has 0 unspecified atom stereocenters. The molecule has 1 aromatic rings. The molecule has 0 aromatic heterocycles. The third kappa shape index (κ3) is 3.74. The zero-order chi connectivity index (χ0) is 13.8. The summed E-state index contributed by atoms with van der Waals surface area (Å²) < 4.78 is 50.2. The molecule has 1 aromatic carbocycles. The summed E-state index contributed by atoms with van der Waals surface area (Å²) in [4.78, 5) is 11.5. The van der Waals surface area contributed by atoms with Gasteiger partial charge in [0.15, 0.2) is 11.6 Å². The summed E-state index contributed by atoms with van der Waals surface area (Å²) in [5.74, 6) is -3.60. The van der Waals surface area contributed by atoms with E-state index in [2.05, 4.69) is 10.0 Å². The second kappa shape index (κ2) is 5.87. The van der Waals surface area contributed by atoms with Crippen molar-refractivity contribution in [1.29, 1.82) is 0 Å². The molecule has 1 amide bonds. The molecule has 1 rings (SSSR count). The van der Waals surface area contributed by atoms with E-state index >= 15 is 0 Å². The number of sulfonamides is 1. The topological polar surface area (TPSA) is 75.3 Å². The van der Waals surface area contributed by atoms with Crippen molar-refractivity contribution < 1.29 is 22.0 Å². The summed E-state index contributed by atoms with van der Waals surface area (Å²) in [7, 11) is -2.21. The lowest BCUT2D eigenvalue weighted by Crippen LogP contribution is -2.33. The van der Waals surface area contributed by atoms with Crippen LogP contribution in [-0.4, -0.2) is 33.7 Å². The van der Waals surface area contributed by atoms with Crippen LogP contribution < -0.4 is 10.0 Å². The Balaban J connectivity index is 2.64. The van der Waals surface area contributed by atoms with Crippen molar-refractivity contribution in [2.24, 2.45) is 0 Å². The molecule has 0 atom stereocenters. The minimum absolute atomic E-state index is 0.196. The summed E-state index contributed by atoms with van der Waals surface area (Å²) >= 11 is 0. The van der Waals surface area contributed by atoms with E-state index in [1.807, 2.05) is 0 Å². The quantitative estimate of drug-likeness (QED) is 0.810. The lowest BCUT2D eigenvalue weighted by atomic mass is 10.2. The SMILES string of the molecule is CNS(=O)(=O)CCNC(=O)c1cccc(F)c1F. The number of benzene rings is 1. The van der Waals surface area contributed by atoms with Gasteiger partial charge in [0.05, 0.1) is 11.3 Å². The molecule has 0 saturated heterocycles. The van der Waals surface area contributed by atoms with E-state index in [0.717, 1.165) is 12.1 Å². The predicted molar refractivity (Wildman–Crippen MR) is 61.5 cm³/mol. The van der Waals surface area contributed by atoms with E-state index in [-0.39, 0.29) is 12.3 Å². The Morgan fingerprint density at radius 1 is 1.33 bits per heavy atom. The van der Waals surface area contributed by atoms with E-state index in [1.165, 1.54) is 13.1 Å². The fourth-order valence-electron chi connectivity index (χ4n) is 1.18. The zero-order valence-electron chi connectivity index (χ0n) is 9.54. The van der Waals surface area contributed by atoms with Crippen molar-refractivity contribution in [3.8, 4) is 0 Å². The molecule has 0 spiro atoms. The highest BCUT2D eigenvalue weighted by Crippen LogP contribution is 2.10. The van der Waals surface area contributed by atoms with Gasteiger partial charge in [0.1, 0.15) is 0 Å². The molecule has 0 fully saturated rings. The van der Waals surface area contributed by atoms with Crippen LogP contribution in [-0.2, 0) is 10.0 Å². The van der Waals surface area contributed by atoms with Crippen molar-refractivity contribution in [2.45, 2.75) is 0 Å². The number of amides is 1. The highest BCUT2D eigenvalue weighted by Gasteiger charge is 2.15. The minimum atomic E-state index is -3.45. The minimum Gasteiger partial charge on any atom is -0.351 e. The smallest absolute Gasteiger partial charge is 0.254 e. The summed E-state index contributed by atoms with van der Waals surface area (Å²) in [6.07, 6.45) is 0. The second-order valence-electron chi connectivity index (χ2n) is 3.38. The van der Waals surface area contributed by atoms with Crippen LogP contribution in [0.2, 0.25) is 0 Å². The van der Waals surface area contributed by atoms with Crippen LogP contribution >= 0.6 is 0 Å². The molecule has 2 N–H and O–H groups in total. The molecular weight excluding hydrogens is 266 g/mol. The number of nitrogens with one attached hydrogen (secondary N) is 2. The highest BCUT2D eigenvalue weighted by molar-refractivity contribution is 7.89. The van der Waals surface area contributed by atoms with Gasteiger partial charge >= 0.3 is 0 Å². The van der Waals surface area contributed by atoms with Gasteiger partial charge in [-0.1, -0.05) is 6.07 Å². The van der Waals surface area contributed by atoms with Gasteiger partial charge < -0.3 is 5.32 Å². The molecule has 5 nitrogen and oxygen atoms in total. The van der Waals surface area contributed by atoms with Crippen LogP contribution in [0.3, 0.4) is 0 Å². The van der Waals surface area contributed by atoms with Crippen LogP contribution in [0, 0.1) is 11.6 Å². The van der Waals surface area contributed by atoms with Crippen molar-refractivity contribution in [3.05, 3.63) is 35.4 Å². The lowest BCUT2D eigenvalue weighted by molar-refractivity contribution is 0.0951. The molecule has 100 valence electrons. The third-order valence-corrected chi connectivity index (χ3v) is 3.53. The number of carbonyl (C=O) groups excluding carboxylic acids is 1. The fourth-order valence-corrected chi connectivity index (χ4v) is 1.75. The van der Waals surface area contributed by atoms with Crippen LogP contribution in [0.25, 0.3) is 0 Å². The fraction of sp³-hybridized carbons (Fsp3) is 0.300. The number of halogens is 2. The second-order valence-corrected chi connectivity index (χ2v) is 5.43. The van der Waals surface area contributed by atoms with Gasteiger partial charge in [0.2, 0.25) is 10.0 Å². The molecule has 0 aliphatic heterocycles. The van der Waals surface area contributed by atoms with Crippen LogP contribution in [0.1, 0.15) is 10.4 Å². The van der Waals surface area contributed by atoms with E-state index in [1.54, 1.807) is 0 Å². The Morgan fingerprint density at radius 3 is 2.61 bits per heavy atom. The van der Waals surface area contributed by atoms with Gasteiger partial charge in [0, 0.05) is 6.54 Å². The van der Waals surface area contributed by atoms with Crippen LogP contribution in [0.5, 0.6) is 0 Å². The Labute approximate surface area is 103 Å². The van der Waals surface area contributed by atoms with Crippen molar-refractivity contribution >= 4 is 15.9 Å². The van der Waals surface area contributed by atoms with Crippen LogP contribution in [0.4, 0.5) is 8.78 Å². The normalized spacial score (nSPS) is 11.3. The highest BCUT2D eigenvalue weighted by atomic mass is 32.2. The molecular formula is C10H12F2N2O3S. The molecule has 0 aliphatic rings. The van der Waals surface area contributed by atoms with Crippen molar-refractivity contribution in [2.75, 3.05) is 19.3 Å². The third-order valence-electron chi connectivity index (χ3n) is 2.16. The number of rotatable bonds is 5. The molecule has 0 bridgehead atoms. The van der Waals surface area contributed by atoms with E-state index < -0.39 is 33.1 Å². The van der Waals surface area contributed by atoms with Crippen molar-refractivity contribution in [3.63, 3.8) is 0 Å². The number of carbonyl (C=O) groups is 1. The summed E-state index contributed by atoms with van der Waals surface area (Å²) in [5, 5.41) is 2.19. The first kappa shape index (κ1) is 14.5. The van der Waals surface area contributed by atoms with Gasteiger partial charge in [-0.3, -0.25) is 4.79 Å². The largest absolute Gasteiger partial charge is 0.351 e. The first-order valence-electron chi connectivity index (χ1n) is 5.01. The number of hydrogen-bond acceptors (Lipinski definition) is 3. The maximum absolute atomic E-state index is 13.2. The van der Waals surface area contributed by atoms with Gasteiger partial charge in [0.25, 0.3) is 5.91 Å². The first-order chi connectivity index (χ1) is 8.37. The summed E-state index contributed by atoms with van der Waals surface area (Å²) in [6, 6.07) is 3.19. The van der Waals surface area contributed by atoms with Gasteiger partial charge in [-0.2, -0.15) is 0 Å². The van der Waals surface area contributed by atoms with Gasteiger partial charge in [-0.25, -0.2) is 21.9 Å². The van der Waals surface area contributed by atoms with E-state index in [4.69, 9.17) is 0 Å². The Bertz CT molecular complexity index is 546. The standard InChI is InChI=1S/C10H12F2N2O3S/c1-13-18(16,17)6-5-14-10(15)7-3-2-4-8(11)9(7)12/h2-4,13H,5-6H2,1H3,(H,14,15). The maximum Gasteiger partial charge on any atom is 0.254 e. The lowest BCUT2D eigenvalue weighted by Gasteiger charge is -2.06. The average molecular weight is 278 g/mol. The van der Waals surface area contributed by atoms with Crippen molar-refractivity contribution in [1.82, 2.24) is 10.0 Å². The monoisotopic (exact) mass is 278 g/mol. The Kier molecular flexibility index (Phi) is 4.74.